The van der Waals surface area contributed by atoms with Crippen molar-refractivity contribution in [3.8, 4) is 0 Å². The van der Waals surface area contributed by atoms with Crippen LogP contribution in [0.4, 0.5) is 11.4 Å². The minimum absolute atomic E-state index is 0.00584. The van der Waals surface area contributed by atoms with Crippen LogP contribution in [0, 0.1) is 5.92 Å². The molecule has 0 aliphatic carbocycles. The molecule has 4 heteroatoms. The van der Waals surface area contributed by atoms with E-state index in [4.69, 9.17) is 0 Å². The lowest BCUT2D eigenvalue weighted by Crippen LogP contribution is -2.46. The van der Waals surface area contributed by atoms with E-state index in [0.717, 1.165) is 38.4 Å². The van der Waals surface area contributed by atoms with E-state index < -0.39 is 0 Å². The summed E-state index contributed by atoms with van der Waals surface area (Å²) < 4.78 is 0. The van der Waals surface area contributed by atoms with Crippen molar-refractivity contribution < 1.29 is 4.79 Å². The van der Waals surface area contributed by atoms with Crippen LogP contribution in [0.2, 0.25) is 0 Å². The van der Waals surface area contributed by atoms with Gasteiger partial charge >= 0.3 is 0 Å². The molecule has 3 rings (SSSR count). The van der Waals surface area contributed by atoms with Crippen molar-refractivity contribution in [1.29, 1.82) is 0 Å². The molecule has 0 saturated carbocycles. The van der Waals surface area contributed by atoms with E-state index in [0.29, 0.717) is 0 Å². The SMILES string of the molecule is CC(C)C(=O)Nc1ccc(N2CCN(C/C=C/c3ccccc3)CC2)cc1. The van der Waals surface area contributed by atoms with Gasteiger partial charge in [0.25, 0.3) is 0 Å². The lowest BCUT2D eigenvalue weighted by Gasteiger charge is -2.35. The summed E-state index contributed by atoms with van der Waals surface area (Å²) in [4.78, 5) is 16.7. The van der Waals surface area contributed by atoms with Crippen molar-refractivity contribution in [1.82, 2.24) is 4.90 Å². The van der Waals surface area contributed by atoms with Gasteiger partial charge in [0, 0.05) is 50.0 Å². The molecule has 142 valence electrons. The summed E-state index contributed by atoms with van der Waals surface area (Å²) in [6.45, 7) is 8.96. The molecule has 0 bridgehead atoms. The van der Waals surface area contributed by atoms with Gasteiger partial charge in [-0.05, 0) is 29.8 Å². The first kappa shape index (κ1) is 19.2. The molecule has 1 heterocycles. The molecule has 1 amide bonds. The van der Waals surface area contributed by atoms with Crippen LogP contribution in [-0.4, -0.2) is 43.5 Å². The number of piperazine rings is 1. The van der Waals surface area contributed by atoms with E-state index in [1.54, 1.807) is 0 Å². The van der Waals surface area contributed by atoms with E-state index in [-0.39, 0.29) is 11.8 Å². The molecule has 0 aromatic heterocycles. The summed E-state index contributed by atoms with van der Waals surface area (Å²) in [6, 6.07) is 18.6. The van der Waals surface area contributed by atoms with Crippen molar-refractivity contribution in [3.63, 3.8) is 0 Å². The first-order valence-corrected chi connectivity index (χ1v) is 9.71. The van der Waals surface area contributed by atoms with Gasteiger partial charge in [-0.15, -0.1) is 0 Å². The molecule has 0 atom stereocenters. The summed E-state index contributed by atoms with van der Waals surface area (Å²) >= 11 is 0. The summed E-state index contributed by atoms with van der Waals surface area (Å²) in [5, 5.41) is 2.94. The lowest BCUT2D eigenvalue weighted by atomic mass is 10.2. The fraction of sp³-hybridized carbons (Fsp3) is 0.348. The molecule has 2 aromatic rings. The quantitative estimate of drug-likeness (QED) is 0.839. The highest BCUT2D eigenvalue weighted by atomic mass is 16.1. The zero-order valence-electron chi connectivity index (χ0n) is 16.3. The molecule has 2 aromatic carbocycles. The van der Waals surface area contributed by atoms with Gasteiger partial charge in [0.15, 0.2) is 0 Å². The Balaban J connectivity index is 1.46. The molecule has 0 spiro atoms. The van der Waals surface area contributed by atoms with Gasteiger partial charge in [0.1, 0.15) is 0 Å². The minimum Gasteiger partial charge on any atom is -0.369 e. The van der Waals surface area contributed by atoms with E-state index in [2.05, 4.69) is 63.7 Å². The van der Waals surface area contributed by atoms with Gasteiger partial charge in [-0.3, -0.25) is 9.69 Å². The fourth-order valence-electron chi connectivity index (χ4n) is 3.13. The number of hydrogen-bond acceptors (Lipinski definition) is 3. The number of carbonyl (C=O) groups excluding carboxylic acids is 1. The molecule has 27 heavy (non-hydrogen) atoms. The first-order valence-electron chi connectivity index (χ1n) is 9.71. The predicted octanol–water partition coefficient (Wildman–Crippen LogP) is 4.12. The van der Waals surface area contributed by atoms with E-state index >= 15 is 0 Å². The van der Waals surface area contributed by atoms with Gasteiger partial charge in [-0.25, -0.2) is 0 Å². The largest absolute Gasteiger partial charge is 0.369 e. The molecule has 1 aliphatic rings. The van der Waals surface area contributed by atoms with Crippen molar-refractivity contribution in [2.45, 2.75) is 13.8 Å². The maximum Gasteiger partial charge on any atom is 0.226 e. The maximum atomic E-state index is 11.8. The number of anilines is 2. The second kappa shape index (κ2) is 9.38. The van der Waals surface area contributed by atoms with Crippen LogP contribution in [-0.2, 0) is 4.79 Å². The third kappa shape index (κ3) is 5.69. The second-order valence-corrected chi connectivity index (χ2v) is 7.29. The van der Waals surface area contributed by atoms with Crippen molar-refractivity contribution in [2.75, 3.05) is 42.9 Å². The Morgan fingerprint density at radius 3 is 2.30 bits per heavy atom. The summed E-state index contributed by atoms with van der Waals surface area (Å²) in [7, 11) is 0. The number of rotatable bonds is 6. The maximum absolute atomic E-state index is 11.8. The van der Waals surface area contributed by atoms with E-state index in [9.17, 15) is 4.79 Å². The summed E-state index contributed by atoms with van der Waals surface area (Å²) in [6.07, 6.45) is 4.44. The minimum atomic E-state index is -0.00584. The highest BCUT2D eigenvalue weighted by Gasteiger charge is 2.16. The lowest BCUT2D eigenvalue weighted by molar-refractivity contribution is -0.118. The Morgan fingerprint density at radius 2 is 1.67 bits per heavy atom. The molecule has 0 radical (unpaired) electrons. The van der Waals surface area contributed by atoms with Gasteiger partial charge in [0.2, 0.25) is 5.91 Å². The molecule has 1 N–H and O–H groups in total. The number of benzene rings is 2. The summed E-state index contributed by atoms with van der Waals surface area (Å²) in [5.74, 6) is 0.0496. The Kier molecular flexibility index (Phi) is 6.66. The third-order valence-corrected chi connectivity index (χ3v) is 4.87. The Labute approximate surface area is 162 Å². The van der Waals surface area contributed by atoms with Gasteiger partial charge in [0.05, 0.1) is 0 Å². The van der Waals surface area contributed by atoms with Gasteiger partial charge in [-0.2, -0.15) is 0 Å². The monoisotopic (exact) mass is 363 g/mol. The zero-order valence-corrected chi connectivity index (χ0v) is 16.3. The van der Waals surface area contributed by atoms with Crippen LogP contribution in [0.15, 0.2) is 60.7 Å². The Bertz CT molecular complexity index is 745. The summed E-state index contributed by atoms with van der Waals surface area (Å²) in [5.41, 5.74) is 3.33. The zero-order chi connectivity index (χ0) is 19.1. The normalized spacial score (nSPS) is 15.4. The van der Waals surface area contributed by atoms with Crippen LogP contribution >= 0.6 is 0 Å². The molecular formula is C23H29N3O. The highest BCUT2D eigenvalue weighted by Crippen LogP contribution is 2.20. The van der Waals surface area contributed by atoms with Crippen molar-refractivity contribution >= 4 is 23.4 Å². The van der Waals surface area contributed by atoms with Crippen LogP contribution in [0.25, 0.3) is 6.08 Å². The number of hydrogen-bond donors (Lipinski definition) is 1. The molecule has 4 nitrogen and oxygen atoms in total. The van der Waals surface area contributed by atoms with Crippen LogP contribution < -0.4 is 10.2 Å². The number of carbonyl (C=O) groups is 1. The highest BCUT2D eigenvalue weighted by molar-refractivity contribution is 5.92. The van der Waals surface area contributed by atoms with E-state index in [1.165, 1.54) is 11.3 Å². The predicted molar refractivity (Wildman–Crippen MR) is 114 cm³/mol. The Hall–Kier alpha value is -2.59. The van der Waals surface area contributed by atoms with Crippen LogP contribution in [0.3, 0.4) is 0 Å². The van der Waals surface area contributed by atoms with E-state index in [1.807, 2.05) is 32.0 Å². The van der Waals surface area contributed by atoms with Crippen LogP contribution in [0.1, 0.15) is 19.4 Å². The number of amides is 1. The smallest absolute Gasteiger partial charge is 0.226 e. The second-order valence-electron chi connectivity index (χ2n) is 7.29. The average molecular weight is 364 g/mol. The molecule has 1 fully saturated rings. The number of nitrogens with zero attached hydrogens (tertiary/aromatic N) is 2. The van der Waals surface area contributed by atoms with Crippen molar-refractivity contribution in [3.05, 3.63) is 66.2 Å². The van der Waals surface area contributed by atoms with Crippen LogP contribution in [0.5, 0.6) is 0 Å². The molecule has 1 aliphatic heterocycles. The molecule has 0 unspecified atom stereocenters. The van der Waals surface area contributed by atoms with Gasteiger partial charge in [-0.1, -0.05) is 56.3 Å². The fourth-order valence-corrected chi connectivity index (χ4v) is 3.13. The Morgan fingerprint density at radius 1 is 1.00 bits per heavy atom. The van der Waals surface area contributed by atoms with Crippen molar-refractivity contribution in [2.24, 2.45) is 5.92 Å². The average Bonchev–Trinajstić information content (AvgIpc) is 2.70. The first-order chi connectivity index (χ1) is 13.1. The third-order valence-electron chi connectivity index (χ3n) is 4.87. The standard InChI is InChI=1S/C23H29N3O/c1-19(2)23(27)24-21-10-12-22(13-11-21)26-17-15-25(16-18-26)14-6-9-20-7-4-3-5-8-20/h3-13,19H,14-18H2,1-2H3,(H,24,27)/b9-6+. The topological polar surface area (TPSA) is 35.6 Å². The number of nitrogens with one attached hydrogen (secondary N) is 1. The molecular weight excluding hydrogens is 334 g/mol. The molecule has 1 saturated heterocycles. The van der Waals surface area contributed by atoms with Gasteiger partial charge < -0.3 is 10.2 Å².